The minimum atomic E-state index is -0.542. The highest BCUT2D eigenvalue weighted by Crippen LogP contribution is 2.29. The summed E-state index contributed by atoms with van der Waals surface area (Å²) in [6.45, 7) is 14.8. The van der Waals surface area contributed by atoms with Gasteiger partial charge in [0.15, 0.2) is 11.5 Å². The number of ether oxygens (including phenoxy) is 3. The summed E-state index contributed by atoms with van der Waals surface area (Å²) in [4.78, 5) is 15.4. The van der Waals surface area contributed by atoms with Crippen molar-refractivity contribution in [2.24, 2.45) is 0 Å². The topological polar surface area (TPSA) is 49.1 Å². The van der Waals surface area contributed by atoms with E-state index in [2.05, 4.69) is 11.8 Å². The van der Waals surface area contributed by atoms with E-state index in [0.717, 1.165) is 24.8 Å². The molecule has 0 atom stereocenters. The molecule has 5 nitrogen and oxygen atoms in total. The second-order valence-corrected chi connectivity index (χ2v) is 6.46. The highest BCUT2D eigenvalue weighted by molar-refractivity contribution is 5.90. The monoisotopic (exact) mass is 387 g/mol. The average molecular weight is 388 g/mol. The average Bonchev–Trinajstić information content (AvgIpc) is 2.70. The lowest BCUT2D eigenvalue weighted by atomic mass is 10.1. The van der Waals surface area contributed by atoms with Gasteiger partial charge in [-0.15, -0.1) is 0 Å². The predicted molar refractivity (Wildman–Crippen MR) is 112 cm³/mol. The van der Waals surface area contributed by atoms with Crippen LogP contribution in [0.4, 0.5) is 0 Å². The van der Waals surface area contributed by atoms with E-state index in [-0.39, 0.29) is 5.70 Å². The minimum absolute atomic E-state index is 0.0258. The second kappa shape index (κ2) is 14.6. The van der Waals surface area contributed by atoms with E-state index in [9.17, 15) is 4.79 Å². The fourth-order valence-corrected chi connectivity index (χ4v) is 2.73. The Morgan fingerprint density at radius 2 is 1.68 bits per heavy atom. The second-order valence-electron chi connectivity index (χ2n) is 6.46. The van der Waals surface area contributed by atoms with Crippen LogP contribution in [0.2, 0.25) is 0 Å². The van der Waals surface area contributed by atoms with Gasteiger partial charge in [0.25, 0.3) is 5.70 Å². The van der Waals surface area contributed by atoms with E-state index in [1.54, 1.807) is 6.08 Å². The molecule has 0 heterocycles. The molecular weight excluding hydrogens is 354 g/mol. The quantitative estimate of drug-likeness (QED) is 0.177. The van der Waals surface area contributed by atoms with Gasteiger partial charge < -0.3 is 14.2 Å². The summed E-state index contributed by atoms with van der Waals surface area (Å²) < 4.78 is 16.4. The molecule has 1 aromatic carbocycles. The minimum Gasteiger partial charge on any atom is -0.490 e. The van der Waals surface area contributed by atoms with Gasteiger partial charge in [-0.3, -0.25) is 4.79 Å². The number of benzene rings is 1. The molecular formula is C23H33NO4. The third-order valence-electron chi connectivity index (χ3n) is 4.20. The molecule has 0 N–H and O–H groups in total. The van der Waals surface area contributed by atoms with Crippen LogP contribution in [0.15, 0.2) is 30.0 Å². The van der Waals surface area contributed by atoms with Gasteiger partial charge in [0.2, 0.25) is 0 Å². The molecule has 28 heavy (non-hydrogen) atoms. The van der Waals surface area contributed by atoms with Crippen molar-refractivity contribution in [3.63, 3.8) is 0 Å². The Hall–Kier alpha value is -2.48. The number of unbranched alkanes of at least 4 members (excludes halogenated alkanes) is 5. The predicted octanol–water partition coefficient (Wildman–Crippen LogP) is 5.73. The van der Waals surface area contributed by atoms with Gasteiger partial charge in [-0.25, -0.2) is 4.85 Å². The van der Waals surface area contributed by atoms with Crippen LogP contribution in [-0.2, 0) is 16.0 Å². The fraction of sp³-hybridized carbons (Fsp3) is 0.565. The molecule has 0 fully saturated rings. The van der Waals surface area contributed by atoms with E-state index in [4.69, 9.17) is 20.8 Å². The molecule has 0 aliphatic rings. The number of carbonyl (C=O) groups is 1. The molecule has 0 saturated carbocycles. The van der Waals surface area contributed by atoms with Crippen LogP contribution in [0.5, 0.6) is 11.5 Å². The summed E-state index contributed by atoms with van der Waals surface area (Å²) in [6, 6.07) is 5.65. The number of esters is 1. The van der Waals surface area contributed by atoms with Crippen molar-refractivity contribution < 1.29 is 19.0 Å². The van der Waals surface area contributed by atoms with Gasteiger partial charge in [-0.2, -0.15) is 0 Å². The maximum atomic E-state index is 12.1. The Labute approximate surface area is 169 Å². The summed E-state index contributed by atoms with van der Waals surface area (Å²) in [7, 11) is 0. The van der Waals surface area contributed by atoms with Gasteiger partial charge in [-0.1, -0.05) is 51.2 Å². The molecule has 0 aliphatic carbocycles. The molecule has 0 radical (unpaired) electrons. The van der Waals surface area contributed by atoms with Crippen molar-refractivity contribution in [2.75, 3.05) is 19.8 Å². The normalized spacial score (nSPS) is 11.0. The standard InChI is InChI=1S/C23H33NO4/c1-5-8-9-10-11-12-17-28-23(25)20(24-4)15-13-19-14-16-21(26-6-2)22(18-19)27-7-3/h14-16,18H,5-13,17H2,1-3H3/b20-15-. The lowest BCUT2D eigenvalue weighted by molar-refractivity contribution is -0.138. The molecule has 1 aromatic rings. The van der Waals surface area contributed by atoms with Crippen molar-refractivity contribution >= 4 is 5.97 Å². The maximum Gasteiger partial charge on any atom is 0.335 e. The van der Waals surface area contributed by atoms with Crippen LogP contribution in [0.3, 0.4) is 0 Å². The first kappa shape index (κ1) is 23.6. The lowest BCUT2D eigenvalue weighted by Crippen LogP contribution is -2.07. The van der Waals surface area contributed by atoms with Crippen molar-refractivity contribution in [3.8, 4) is 11.5 Å². The number of rotatable bonds is 14. The maximum absolute atomic E-state index is 12.1. The largest absolute Gasteiger partial charge is 0.490 e. The SMILES string of the molecule is [C-]#[N+]/C(=C\Cc1ccc(OCC)c(OCC)c1)C(=O)OCCCCCCCC. The first-order valence-corrected chi connectivity index (χ1v) is 10.3. The Kier molecular flexibility index (Phi) is 12.3. The molecule has 154 valence electrons. The third-order valence-corrected chi connectivity index (χ3v) is 4.20. The Morgan fingerprint density at radius 1 is 1.00 bits per heavy atom. The van der Waals surface area contributed by atoms with Crippen LogP contribution in [-0.4, -0.2) is 25.8 Å². The molecule has 1 rings (SSSR count). The molecule has 0 saturated heterocycles. The molecule has 0 bridgehead atoms. The summed E-state index contributed by atoms with van der Waals surface area (Å²) in [5, 5.41) is 0. The number of nitrogens with zero attached hydrogens (tertiary/aromatic N) is 1. The van der Waals surface area contributed by atoms with Crippen LogP contribution in [0, 0.1) is 6.57 Å². The third kappa shape index (κ3) is 8.94. The van der Waals surface area contributed by atoms with E-state index in [1.807, 2.05) is 32.0 Å². The number of hydrogen-bond acceptors (Lipinski definition) is 4. The first-order valence-electron chi connectivity index (χ1n) is 10.3. The smallest absolute Gasteiger partial charge is 0.335 e. The van der Waals surface area contributed by atoms with Crippen molar-refractivity contribution in [1.82, 2.24) is 0 Å². The Bertz CT molecular complexity index is 661. The summed E-state index contributed by atoms with van der Waals surface area (Å²) in [6.07, 6.45) is 8.82. The van der Waals surface area contributed by atoms with Crippen LogP contribution >= 0.6 is 0 Å². The molecule has 0 aromatic heterocycles. The van der Waals surface area contributed by atoms with Crippen molar-refractivity contribution in [3.05, 3.63) is 47.0 Å². The van der Waals surface area contributed by atoms with Gasteiger partial charge in [0, 0.05) is 0 Å². The number of hydrogen-bond donors (Lipinski definition) is 0. The zero-order valence-corrected chi connectivity index (χ0v) is 17.5. The molecule has 0 aliphatic heterocycles. The van der Waals surface area contributed by atoms with Crippen LogP contribution in [0.25, 0.3) is 4.85 Å². The molecule has 0 unspecified atom stereocenters. The number of carbonyl (C=O) groups excluding carboxylic acids is 1. The highest BCUT2D eigenvalue weighted by atomic mass is 16.5. The Morgan fingerprint density at radius 3 is 2.36 bits per heavy atom. The van der Waals surface area contributed by atoms with Crippen LogP contribution in [0.1, 0.15) is 64.9 Å². The van der Waals surface area contributed by atoms with Crippen molar-refractivity contribution in [1.29, 1.82) is 0 Å². The van der Waals surface area contributed by atoms with Gasteiger partial charge in [-0.05, 0) is 44.4 Å². The summed E-state index contributed by atoms with van der Waals surface area (Å²) in [5.74, 6) is 0.825. The van der Waals surface area contributed by atoms with E-state index < -0.39 is 5.97 Å². The van der Waals surface area contributed by atoms with Gasteiger partial charge >= 0.3 is 5.97 Å². The van der Waals surface area contributed by atoms with Gasteiger partial charge in [0.1, 0.15) is 0 Å². The Balaban J connectivity index is 2.56. The zero-order valence-electron chi connectivity index (χ0n) is 17.5. The fourth-order valence-electron chi connectivity index (χ4n) is 2.73. The summed E-state index contributed by atoms with van der Waals surface area (Å²) >= 11 is 0. The van der Waals surface area contributed by atoms with Crippen LogP contribution < -0.4 is 9.47 Å². The highest BCUT2D eigenvalue weighted by Gasteiger charge is 2.12. The molecule has 0 amide bonds. The summed E-state index contributed by atoms with van der Waals surface area (Å²) in [5.41, 5.74) is 0.967. The first-order chi connectivity index (χ1) is 13.7. The molecule has 0 spiro atoms. The van der Waals surface area contributed by atoms with Crippen molar-refractivity contribution in [2.45, 2.75) is 65.7 Å². The zero-order chi connectivity index (χ0) is 20.6. The van der Waals surface area contributed by atoms with E-state index >= 15 is 0 Å². The molecule has 5 heteroatoms. The van der Waals surface area contributed by atoms with E-state index in [0.29, 0.717) is 37.7 Å². The number of allylic oxidation sites excluding steroid dienone is 1. The van der Waals surface area contributed by atoms with E-state index in [1.165, 1.54) is 19.3 Å². The van der Waals surface area contributed by atoms with Gasteiger partial charge in [0.05, 0.1) is 26.4 Å². The lowest BCUT2D eigenvalue weighted by Gasteiger charge is -2.12.